The number of nitrogens with zero attached hydrogens (tertiary/aromatic N) is 1. The molecule has 0 unspecified atom stereocenters. The van der Waals surface area contributed by atoms with Crippen LogP contribution in [0.2, 0.25) is 0 Å². The van der Waals surface area contributed by atoms with Crippen LogP contribution in [0.25, 0.3) is 0 Å². The van der Waals surface area contributed by atoms with Crippen molar-refractivity contribution < 1.29 is 9.59 Å². The lowest BCUT2D eigenvalue weighted by molar-refractivity contribution is -0.135. The summed E-state index contributed by atoms with van der Waals surface area (Å²) in [5.74, 6) is 1.22. The van der Waals surface area contributed by atoms with Gasteiger partial charge in [-0.3, -0.25) is 9.59 Å². The van der Waals surface area contributed by atoms with Crippen LogP contribution in [-0.4, -0.2) is 49.9 Å². The van der Waals surface area contributed by atoms with E-state index < -0.39 is 0 Å². The molecule has 2 amide bonds. The van der Waals surface area contributed by atoms with Gasteiger partial charge in [0.05, 0.1) is 0 Å². The SMILES string of the molecule is CNCCN(C)C(=O)C1CCC(NC(=O)CC2CCCC2)CC1. The molecule has 2 fully saturated rings. The summed E-state index contributed by atoms with van der Waals surface area (Å²) in [5.41, 5.74) is 0. The summed E-state index contributed by atoms with van der Waals surface area (Å²) in [5, 5.41) is 6.27. The van der Waals surface area contributed by atoms with Gasteiger partial charge in [-0.2, -0.15) is 0 Å². The Bertz CT molecular complexity index is 386. The molecule has 2 aliphatic carbocycles. The Morgan fingerprint density at radius 1 is 1.04 bits per heavy atom. The average Bonchev–Trinajstić information content (AvgIpc) is 3.05. The highest BCUT2D eigenvalue weighted by atomic mass is 16.2. The molecule has 0 heterocycles. The van der Waals surface area contributed by atoms with Crippen LogP contribution >= 0.6 is 0 Å². The van der Waals surface area contributed by atoms with Gasteiger partial charge in [-0.15, -0.1) is 0 Å². The van der Waals surface area contributed by atoms with Crippen molar-refractivity contribution in [2.75, 3.05) is 27.2 Å². The van der Waals surface area contributed by atoms with E-state index >= 15 is 0 Å². The number of amides is 2. The van der Waals surface area contributed by atoms with E-state index in [2.05, 4.69) is 10.6 Å². The van der Waals surface area contributed by atoms with Crippen LogP contribution in [0, 0.1) is 11.8 Å². The maximum atomic E-state index is 12.4. The van der Waals surface area contributed by atoms with Crippen molar-refractivity contribution >= 4 is 11.8 Å². The molecule has 2 rings (SSSR count). The third-order valence-corrected chi connectivity index (χ3v) is 5.46. The smallest absolute Gasteiger partial charge is 0.225 e. The van der Waals surface area contributed by atoms with Gasteiger partial charge in [0.25, 0.3) is 0 Å². The first-order valence-electron chi connectivity index (χ1n) is 9.29. The minimum atomic E-state index is 0.139. The Morgan fingerprint density at radius 3 is 2.30 bits per heavy atom. The van der Waals surface area contributed by atoms with E-state index in [4.69, 9.17) is 0 Å². The normalized spacial score (nSPS) is 25.3. The van der Waals surface area contributed by atoms with E-state index in [9.17, 15) is 9.59 Å². The summed E-state index contributed by atoms with van der Waals surface area (Å²) in [6, 6.07) is 0.274. The predicted octanol–water partition coefficient (Wildman–Crippen LogP) is 1.92. The molecule has 0 aliphatic heterocycles. The summed E-state index contributed by atoms with van der Waals surface area (Å²) in [6.07, 6.45) is 9.37. The lowest BCUT2D eigenvalue weighted by atomic mass is 9.85. The van der Waals surface area contributed by atoms with Crippen LogP contribution in [0.5, 0.6) is 0 Å². The maximum absolute atomic E-state index is 12.4. The second-order valence-electron chi connectivity index (χ2n) is 7.33. The van der Waals surface area contributed by atoms with Crippen molar-refractivity contribution in [3.05, 3.63) is 0 Å². The number of hydrogen-bond acceptors (Lipinski definition) is 3. The quantitative estimate of drug-likeness (QED) is 0.752. The third kappa shape index (κ3) is 5.79. The van der Waals surface area contributed by atoms with Crippen molar-refractivity contribution in [1.29, 1.82) is 0 Å². The van der Waals surface area contributed by atoms with E-state index in [0.29, 0.717) is 12.3 Å². The lowest BCUT2D eigenvalue weighted by Gasteiger charge is -2.31. The molecule has 0 saturated heterocycles. The number of hydrogen-bond donors (Lipinski definition) is 2. The van der Waals surface area contributed by atoms with E-state index in [0.717, 1.165) is 38.8 Å². The van der Waals surface area contributed by atoms with Crippen LogP contribution < -0.4 is 10.6 Å². The topological polar surface area (TPSA) is 61.4 Å². The zero-order valence-corrected chi connectivity index (χ0v) is 14.8. The monoisotopic (exact) mass is 323 g/mol. The summed E-state index contributed by atoms with van der Waals surface area (Å²) in [6.45, 7) is 1.59. The molecule has 0 radical (unpaired) electrons. The van der Waals surface area contributed by atoms with Gasteiger partial charge in [-0.25, -0.2) is 0 Å². The molecule has 23 heavy (non-hydrogen) atoms. The Hall–Kier alpha value is -1.10. The molecule has 0 aromatic rings. The van der Waals surface area contributed by atoms with Crippen LogP contribution in [0.3, 0.4) is 0 Å². The van der Waals surface area contributed by atoms with Crippen molar-refractivity contribution in [3.8, 4) is 0 Å². The molecule has 5 heteroatoms. The highest BCUT2D eigenvalue weighted by molar-refractivity contribution is 5.79. The number of carbonyl (C=O) groups is 2. The zero-order valence-electron chi connectivity index (χ0n) is 14.8. The number of nitrogens with one attached hydrogen (secondary N) is 2. The third-order valence-electron chi connectivity index (χ3n) is 5.46. The first-order valence-corrected chi connectivity index (χ1v) is 9.29. The molecule has 0 aromatic carbocycles. The van der Waals surface area contributed by atoms with Gasteiger partial charge in [-0.05, 0) is 51.5 Å². The highest BCUT2D eigenvalue weighted by Gasteiger charge is 2.29. The van der Waals surface area contributed by atoms with Crippen LogP contribution in [0.1, 0.15) is 57.8 Å². The molecular formula is C18H33N3O2. The first kappa shape index (κ1) is 18.2. The van der Waals surface area contributed by atoms with Crippen LogP contribution in [0.15, 0.2) is 0 Å². The van der Waals surface area contributed by atoms with E-state index in [-0.39, 0.29) is 23.8 Å². The molecule has 132 valence electrons. The predicted molar refractivity (Wildman–Crippen MR) is 92.0 cm³/mol. The van der Waals surface area contributed by atoms with Gasteiger partial charge in [0.2, 0.25) is 11.8 Å². The Kier molecular flexibility index (Phi) is 7.34. The van der Waals surface area contributed by atoms with Crippen molar-refractivity contribution in [2.45, 2.75) is 63.8 Å². The fraction of sp³-hybridized carbons (Fsp3) is 0.889. The maximum Gasteiger partial charge on any atom is 0.225 e. The van der Waals surface area contributed by atoms with Gasteiger partial charge in [0, 0.05) is 38.5 Å². The largest absolute Gasteiger partial charge is 0.353 e. The summed E-state index contributed by atoms with van der Waals surface area (Å²) >= 11 is 0. The van der Waals surface area contributed by atoms with Gasteiger partial charge in [-0.1, -0.05) is 12.8 Å². The molecule has 2 saturated carbocycles. The molecule has 0 atom stereocenters. The lowest BCUT2D eigenvalue weighted by Crippen LogP contribution is -2.42. The number of carbonyl (C=O) groups excluding carboxylic acids is 2. The molecule has 2 aliphatic rings. The standard InChI is InChI=1S/C18H33N3O2/c1-19-11-12-21(2)18(23)15-7-9-16(10-8-15)20-17(22)13-14-5-3-4-6-14/h14-16,19H,3-13H2,1-2H3,(H,20,22). The number of rotatable bonds is 7. The van der Waals surface area contributed by atoms with E-state index in [1.807, 2.05) is 19.0 Å². The van der Waals surface area contributed by atoms with Crippen molar-refractivity contribution in [1.82, 2.24) is 15.5 Å². The van der Waals surface area contributed by atoms with Gasteiger partial charge in [0.1, 0.15) is 0 Å². The highest BCUT2D eigenvalue weighted by Crippen LogP contribution is 2.28. The summed E-state index contributed by atoms with van der Waals surface area (Å²) in [7, 11) is 3.78. The second kappa shape index (κ2) is 9.26. The fourth-order valence-electron chi connectivity index (χ4n) is 3.95. The van der Waals surface area contributed by atoms with Gasteiger partial charge >= 0.3 is 0 Å². The van der Waals surface area contributed by atoms with Crippen LogP contribution in [-0.2, 0) is 9.59 Å². The fourth-order valence-corrected chi connectivity index (χ4v) is 3.95. The van der Waals surface area contributed by atoms with Crippen molar-refractivity contribution in [2.24, 2.45) is 11.8 Å². The minimum Gasteiger partial charge on any atom is -0.353 e. The molecular weight excluding hydrogens is 290 g/mol. The average molecular weight is 323 g/mol. The minimum absolute atomic E-state index is 0.139. The zero-order chi connectivity index (χ0) is 16.7. The Labute approximate surface area is 140 Å². The van der Waals surface area contributed by atoms with Gasteiger partial charge < -0.3 is 15.5 Å². The summed E-state index contributed by atoms with van der Waals surface area (Å²) < 4.78 is 0. The number of likely N-dealkylation sites (N-methyl/N-ethyl adjacent to an activating group) is 2. The Balaban J connectivity index is 1.66. The molecule has 0 bridgehead atoms. The molecule has 2 N–H and O–H groups in total. The first-order chi connectivity index (χ1) is 11.1. The van der Waals surface area contributed by atoms with E-state index in [1.165, 1.54) is 25.7 Å². The second-order valence-corrected chi connectivity index (χ2v) is 7.33. The van der Waals surface area contributed by atoms with E-state index in [1.54, 1.807) is 0 Å². The van der Waals surface area contributed by atoms with Gasteiger partial charge in [0.15, 0.2) is 0 Å². The van der Waals surface area contributed by atoms with Crippen LogP contribution in [0.4, 0.5) is 0 Å². The Morgan fingerprint density at radius 2 is 1.70 bits per heavy atom. The summed E-state index contributed by atoms with van der Waals surface area (Å²) in [4.78, 5) is 26.3. The van der Waals surface area contributed by atoms with Crippen molar-refractivity contribution in [3.63, 3.8) is 0 Å². The molecule has 0 aromatic heterocycles. The molecule has 0 spiro atoms. The molecule has 5 nitrogen and oxygen atoms in total.